The number of benzene rings is 2. The zero-order valence-corrected chi connectivity index (χ0v) is 18.5. The fourth-order valence-electron chi connectivity index (χ4n) is 3.72. The van der Waals surface area contributed by atoms with E-state index in [0.29, 0.717) is 23.8 Å². The summed E-state index contributed by atoms with van der Waals surface area (Å²) in [5.74, 6) is -0.255. The first kappa shape index (κ1) is 22.3. The van der Waals surface area contributed by atoms with Crippen LogP contribution in [0.3, 0.4) is 0 Å². The Labute approximate surface area is 179 Å². The molecule has 0 saturated carbocycles. The molecule has 1 atom stereocenters. The summed E-state index contributed by atoms with van der Waals surface area (Å²) in [4.78, 5) is 15.0. The van der Waals surface area contributed by atoms with Crippen molar-refractivity contribution >= 4 is 21.6 Å². The predicted octanol–water partition coefficient (Wildman–Crippen LogP) is 3.79. The molecule has 162 valence electrons. The third-order valence-electron chi connectivity index (χ3n) is 5.56. The maximum atomic E-state index is 12.7. The van der Waals surface area contributed by atoms with E-state index in [1.165, 1.54) is 31.4 Å². The van der Waals surface area contributed by atoms with Crippen LogP contribution in [0.4, 0.5) is 5.69 Å². The smallest absolute Gasteiger partial charge is 0.261 e. The van der Waals surface area contributed by atoms with Crippen LogP contribution in [0.2, 0.25) is 0 Å². The molecule has 7 heteroatoms. The Bertz CT molecular complexity index is 958. The highest BCUT2D eigenvalue weighted by Gasteiger charge is 2.18. The number of nitrogens with zero attached hydrogens (tertiary/aromatic N) is 1. The zero-order chi connectivity index (χ0) is 21.6. The van der Waals surface area contributed by atoms with Crippen LogP contribution >= 0.6 is 0 Å². The van der Waals surface area contributed by atoms with E-state index in [1.807, 2.05) is 19.1 Å². The summed E-state index contributed by atoms with van der Waals surface area (Å²) in [6.45, 7) is 6.86. The van der Waals surface area contributed by atoms with Gasteiger partial charge in [0.2, 0.25) is 0 Å². The van der Waals surface area contributed by atoms with Crippen LogP contribution in [0, 0.1) is 6.92 Å². The van der Waals surface area contributed by atoms with Gasteiger partial charge < -0.3 is 10.2 Å². The lowest BCUT2D eigenvalue weighted by Crippen LogP contribution is -2.39. The van der Waals surface area contributed by atoms with E-state index in [2.05, 4.69) is 21.9 Å². The number of aryl methyl sites for hydroxylation is 1. The predicted molar refractivity (Wildman–Crippen MR) is 120 cm³/mol. The third-order valence-corrected chi connectivity index (χ3v) is 6.94. The van der Waals surface area contributed by atoms with Crippen molar-refractivity contribution in [1.29, 1.82) is 0 Å². The molecule has 1 heterocycles. The molecule has 30 heavy (non-hydrogen) atoms. The maximum Gasteiger partial charge on any atom is 0.261 e. The zero-order valence-electron chi connectivity index (χ0n) is 17.7. The average molecular weight is 430 g/mol. The van der Waals surface area contributed by atoms with Gasteiger partial charge in [0.15, 0.2) is 0 Å². The van der Waals surface area contributed by atoms with E-state index in [0.717, 1.165) is 25.1 Å². The molecule has 2 aromatic carbocycles. The molecule has 1 unspecified atom stereocenters. The molecule has 1 fully saturated rings. The number of nitrogens with one attached hydrogen (secondary N) is 2. The molecule has 1 amide bonds. The van der Waals surface area contributed by atoms with Crippen molar-refractivity contribution in [2.24, 2.45) is 0 Å². The Hall–Kier alpha value is -2.38. The number of anilines is 1. The normalized spacial score (nSPS) is 17.5. The second-order valence-corrected chi connectivity index (χ2v) is 9.67. The van der Waals surface area contributed by atoms with Gasteiger partial charge >= 0.3 is 0 Å². The van der Waals surface area contributed by atoms with Gasteiger partial charge in [0.05, 0.1) is 4.90 Å². The average Bonchev–Trinajstić information content (AvgIpc) is 2.74. The quantitative estimate of drug-likeness (QED) is 0.626. The van der Waals surface area contributed by atoms with Crippen molar-refractivity contribution < 1.29 is 13.2 Å². The van der Waals surface area contributed by atoms with Gasteiger partial charge in [-0.2, -0.15) is 0 Å². The lowest BCUT2D eigenvalue weighted by atomic mass is 10.0. The summed E-state index contributed by atoms with van der Waals surface area (Å²) < 4.78 is 27.9. The maximum absolute atomic E-state index is 12.7. The fraction of sp³-hybridized carbons (Fsp3) is 0.435. The summed E-state index contributed by atoms with van der Waals surface area (Å²) in [6, 6.07) is 13.8. The molecule has 1 aliphatic heterocycles. The van der Waals surface area contributed by atoms with Gasteiger partial charge in [-0.3, -0.25) is 9.52 Å². The van der Waals surface area contributed by atoms with Gasteiger partial charge in [-0.1, -0.05) is 30.2 Å². The van der Waals surface area contributed by atoms with Crippen molar-refractivity contribution in [3.8, 4) is 0 Å². The SMILES string of the molecule is Cc1ccc(NS(=O)(=O)c2cccc(C(=O)NCCCN3CCCCC3C)c2)cc1. The van der Waals surface area contributed by atoms with Gasteiger partial charge in [-0.15, -0.1) is 0 Å². The number of carbonyl (C=O) groups is 1. The highest BCUT2D eigenvalue weighted by Crippen LogP contribution is 2.18. The van der Waals surface area contributed by atoms with E-state index in [1.54, 1.807) is 24.3 Å². The Morgan fingerprint density at radius 3 is 2.63 bits per heavy atom. The van der Waals surface area contributed by atoms with Gasteiger partial charge in [-0.25, -0.2) is 8.42 Å². The first-order valence-electron chi connectivity index (χ1n) is 10.6. The van der Waals surface area contributed by atoms with E-state index in [4.69, 9.17) is 0 Å². The second-order valence-electron chi connectivity index (χ2n) is 7.99. The number of rotatable bonds is 8. The number of likely N-dealkylation sites (tertiary alicyclic amines) is 1. The minimum absolute atomic E-state index is 0.0675. The third kappa shape index (κ3) is 6.06. The van der Waals surface area contributed by atoms with E-state index in [9.17, 15) is 13.2 Å². The van der Waals surface area contributed by atoms with Crippen molar-refractivity contribution in [3.63, 3.8) is 0 Å². The molecule has 1 aliphatic rings. The minimum atomic E-state index is -3.76. The van der Waals surface area contributed by atoms with Crippen molar-refractivity contribution in [3.05, 3.63) is 59.7 Å². The molecule has 2 N–H and O–H groups in total. The van der Waals surface area contributed by atoms with E-state index >= 15 is 0 Å². The van der Waals surface area contributed by atoms with Crippen molar-refractivity contribution in [1.82, 2.24) is 10.2 Å². The van der Waals surface area contributed by atoms with Crippen molar-refractivity contribution in [2.45, 2.75) is 50.5 Å². The Kier molecular flexibility index (Phi) is 7.50. The van der Waals surface area contributed by atoms with Gasteiger partial charge in [0.1, 0.15) is 0 Å². The molecule has 6 nitrogen and oxygen atoms in total. The molecule has 1 saturated heterocycles. The first-order valence-corrected chi connectivity index (χ1v) is 12.1. The highest BCUT2D eigenvalue weighted by atomic mass is 32.2. The summed E-state index contributed by atoms with van der Waals surface area (Å²) in [5, 5.41) is 2.91. The second kappa shape index (κ2) is 10.1. The molecule has 0 spiro atoms. The standard InChI is InChI=1S/C23H31N3O3S/c1-18-10-12-21(13-11-18)25-30(28,29)22-9-5-8-20(17-22)23(27)24-14-6-16-26-15-4-3-7-19(26)2/h5,8-13,17,19,25H,3-4,6-7,14-16H2,1-2H3,(H,24,27). The van der Waals surface area contributed by atoms with Gasteiger partial charge in [-0.05, 0) is 70.0 Å². The van der Waals surface area contributed by atoms with Crippen LogP contribution in [0.1, 0.15) is 48.5 Å². The van der Waals surface area contributed by atoms with Crippen LogP contribution in [0.15, 0.2) is 53.4 Å². The highest BCUT2D eigenvalue weighted by molar-refractivity contribution is 7.92. The largest absolute Gasteiger partial charge is 0.352 e. The molecule has 0 bridgehead atoms. The molecule has 3 rings (SSSR count). The molecule has 0 radical (unpaired) electrons. The van der Waals surface area contributed by atoms with E-state index < -0.39 is 10.0 Å². The van der Waals surface area contributed by atoms with Crippen LogP contribution in [0.25, 0.3) is 0 Å². The van der Waals surface area contributed by atoms with Gasteiger partial charge in [0, 0.05) is 30.4 Å². The van der Waals surface area contributed by atoms with Crippen molar-refractivity contribution in [2.75, 3.05) is 24.4 Å². The number of hydrogen-bond acceptors (Lipinski definition) is 4. The van der Waals surface area contributed by atoms with Crippen LogP contribution < -0.4 is 10.0 Å². The molecular formula is C23H31N3O3S. The monoisotopic (exact) mass is 429 g/mol. The Balaban J connectivity index is 1.55. The minimum Gasteiger partial charge on any atom is -0.352 e. The summed E-state index contributed by atoms with van der Waals surface area (Å²) in [6.07, 6.45) is 4.66. The fourth-order valence-corrected chi connectivity index (χ4v) is 4.82. The Morgan fingerprint density at radius 2 is 1.90 bits per heavy atom. The lowest BCUT2D eigenvalue weighted by molar-refractivity contribution is 0.0948. The van der Waals surface area contributed by atoms with E-state index in [-0.39, 0.29) is 10.8 Å². The van der Waals surface area contributed by atoms with Crippen LogP contribution in [-0.2, 0) is 10.0 Å². The summed E-state index contributed by atoms with van der Waals surface area (Å²) >= 11 is 0. The number of amides is 1. The molecule has 2 aromatic rings. The number of sulfonamides is 1. The first-order chi connectivity index (χ1) is 14.3. The summed E-state index contributed by atoms with van der Waals surface area (Å²) in [7, 11) is -3.76. The Morgan fingerprint density at radius 1 is 1.13 bits per heavy atom. The topological polar surface area (TPSA) is 78.5 Å². The number of carbonyl (C=O) groups excluding carboxylic acids is 1. The molecule has 0 aliphatic carbocycles. The van der Waals surface area contributed by atoms with Crippen LogP contribution in [-0.4, -0.2) is 44.9 Å². The number of piperidine rings is 1. The van der Waals surface area contributed by atoms with Gasteiger partial charge in [0.25, 0.3) is 15.9 Å². The van der Waals surface area contributed by atoms with Crippen LogP contribution in [0.5, 0.6) is 0 Å². The lowest BCUT2D eigenvalue weighted by Gasteiger charge is -2.33. The molecule has 0 aromatic heterocycles. The molecular weight excluding hydrogens is 398 g/mol. The number of hydrogen-bond donors (Lipinski definition) is 2. The summed E-state index contributed by atoms with van der Waals surface area (Å²) in [5.41, 5.74) is 1.88.